The predicted octanol–water partition coefficient (Wildman–Crippen LogP) is 4.11. The van der Waals surface area contributed by atoms with Gasteiger partial charge in [0.05, 0.1) is 15.7 Å². The fraction of sp³-hybridized carbons (Fsp3) is 0.231. The van der Waals surface area contributed by atoms with E-state index >= 15 is 0 Å². The highest BCUT2D eigenvalue weighted by atomic mass is 79.9. The highest BCUT2D eigenvalue weighted by Crippen LogP contribution is 2.34. The van der Waals surface area contributed by atoms with Gasteiger partial charge in [0.15, 0.2) is 0 Å². The lowest BCUT2D eigenvalue weighted by molar-refractivity contribution is -0.141. The van der Waals surface area contributed by atoms with Gasteiger partial charge in [0.1, 0.15) is 12.0 Å². The van der Waals surface area contributed by atoms with Gasteiger partial charge in [0.25, 0.3) is 0 Å². The molecule has 0 saturated heterocycles. The maximum atomic E-state index is 12.7. The van der Waals surface area contributed by atoms with Gasteiger partial charge in [-0.15, -0.1) is 0 Å². The molecule has 0 bridgehead atoms. The van der Waals surface area contributed by atoms with Gasteiger partial charge in [-0.2, -0.15) is 18.3 Å². The molecule has 0 fully saturated rings. The quantitative estimate of drug-likeness (QED) is 0.779. The van der Waals surface area contributed by atoms with E-state index in [4.69, 9.17) is 0 Å². The van der Waals surface area contributed by atoms with E-state index in [-0.39, 0.29) is 5.92 Å². The van der Waals surface area contributed by atoms with E-state index in [2.05, 4.69) is 26.0 Å². The standard InChI is InChI=1S/C13H9BrF3N3/c14-11-9-6-10(13(15,16)17)18-7-20(9)19-12(11)8-4-2-1-3-5-8/h1-4,6-8H,5H2. The number of halogens is 4. The molecule has 0 aliphatic heterocycles. The summed E-state index contributed by atoms with van der Waals surface area (Å²) in [5, 5.41) is 4.31. The van der Waals surface area contributed by atoms with Crippen LogP contribution >= 0.6 is 15.9 Å². The van der Waals surface area contributed by atoms with E-state index in [0.717, 1.165) is 18.8 Å². The van der Waals surface area contributed by atoms with Gasteiger partial charge in [-0.05, 0) is 28.4 Å². The van der Waals surface area contributed by atoms with Gasteiger partial charge in [-0.3, -0.25) is 0 Å². The van der Waals surface area contributed by atoms with Gasteiger partial charge < -0.3 is 0 Å². The Morgan fingerprint density at radius 2 is 2.10 bits per heavy atom. The topological polar surface area (TPSA) is 30.2 Å². The van der Waals surface area contributed by atoms with Crippen LogP contribution < -0.4 is 0 Å². The lowest BCUT2D eigenvalue weighted by atomic mass is 9.97. The van der Waals surface area contributed by atoms with E-state index in [0.29, 0.717) is 15.7 Å². The van der Waals surface area contributed by atoms with E-state index in [9.17, 15) is 13.2 Å². The van der Waals surface area contributed by atoms with Crippen LogP contribution in [0.4, 0.5) is 13.2 Å². The molecule has 1 atom stereocenters. The molecule has 104 valence electrons. The number of hydrogen-bond acceptors (Lipinski definition) is 2. The highest BCUT2D eigenvalue weighted by molar-refractivity contribution is 9.10. The lowest BCUT2D eigenvalue weighted by Crippen LogP contribution is -2.08. The fourth-order valence-corrected chi connectivity index (χ4v) is 2.79. The summed E-state index contributed by atoms with van der Waals surface area (Å²) in [4.78, 5) is 3.40. The molecule has 0 radical (unpaired) electrons. The van der Waals surface area contributed by atoms with Crippen LogP contribution in [0.1, 0.15) is 23.7 Å². The minimum absolute atomic E-state index is 0.0589. The molecule has 0 N–H and O–H groups in total. The van der Waals surface area contributed by atoms with Gasteiger partial charge in [0, 0.05) is 5.92 Å². The summed E-state index contributed by atoms with van der Waals surface area (Å²) >= 11 is 3.35. The Balaban J connectivity index is 2.10. The Kier molecular flexibility index (Phi) is 3.16. The minimum atomic E-state index is -4.46. The first-order chi connectivity index (χ1) is 9.47. The monoisotopic (exact) mass is 343 g/mol. The summed E-state index contributed by atoms with van der Waals surface area (Å²) in [5.41, 5.74) is 0.160. The third kappa shape index (κ3) is 2.26. The summed E-state index contributed by atoms with van der Waals surface area (Å²) in [6.45, 7) is 0. The lowest BCUT2D eigenvalue weighted by Gasteiger charge is -2.09. The zero-order valence-corrected chi connectivity index (χ0v) is 11.7. The number of alkyl halides is 3. The molecule has 1 aliphatic carbocycles. The zero-order chi connectivity index (χ0) is 14.3. The van der Waals surface area contributed by atoms with E-state index in [1.165, 1.54) is 4.52 Å². The summed E-state index contributed by atoms with van der Waals surface area (Å²) in [5.74, 6) is 0.0589. The Morgan fingerprint density at radius 3 is 2.75 bits per heavy atom. The zero-order valence-electron chi connectivity index (χ0n) is 10.1. The molecule has 0 spiro atoms. The average Bonchev–Trinajstić information content (AvgIpc) is 2.76. The van der Waals surface area contributed by atoms with Crippen LogP contribution in [0.25, 0.3) is 5.52 Å². The second kappa shape index (κ2) is 4.73. The van der Waals surface area contributed by atoms with Crippen molar-refractivity contribution in [2.45, 2.75) is 18.5 Å². The number of nitrogens with zero attached hydrogens (tertiary/aromatic N) is 3. The summed E-state index contributed by atoms with van der Waals surface area (Å²) in [6.07, 6.45) is 5.23. The van der Waals surface area contributed by atoms with Crippen molar-refractivity contribution >= 4 is 21.4 Å². The van der Waals surface area contributed by atoms with Crippen molar-refractivity contribution in [2.24, 2.45) is 0 Å². The molecule has 7 heteroatoms. The van der Waals surface area contributed by atoms with Gasteiger partial charge in [-0.25, -0.2) is 9.50 Å². The molecule has 3 rings (SSSR count). The molecule has 2 heterocycles. The normalized spacial score (nSPS) is 18.9. The van der Waals surface area contributed by atoms with Crippen molar-refractivity contribution in [3.8, 4) is 0 Å². The van der Waals surface area contributed by atoms with Crippen LogP contribution in [0.5, 0.6) is 0 Å². The average molecular weight is 344 g/mol. The van der Waals surface area contributed by atoms with Crippen LogP contribution in [0.3, 0.4) is 0 Å². The molecular formula is C13H9BrF3N3. The van der Waals surface area contributed by atoms with Crippen LogP contribution in [0, 0.1) is 0 Å². The second-order valence-electron chi connectivity index (χ2n) is 4.46. The molecule has 20 heavy (non-hydrogen) atoms. The maximum absolute atomic E-state index is 12.7. The summed E-state index contributed by atoms with van der Waals surface area (Å²) in [7, 11) is 0. The highest BCUT2D eigenvalue weighted by Gasteiger charge is 2.33. The predicted molar refractivity (Wildman–Crippen MR) is 71.3 cm³/mol. The Hall–Kier alpha value is -1.63. The van der Waals surface area contributed by atoms with Crippen LogP contribution in [-0.4, -0.2) is 14.6 Å². The SMILES string of the molecule is FC(F)(F)c1cc2c(Br)c(C3C=CC=CC3)nn2cn1. The molecule has 0 aromatic carbocycles. The number of allylic oxidation sites excluding steroid dienone is 4. The Bertz CT molecular complexity index is 715. The molecule has 2 aromatic heterocycles. The molecule has 0 saturated carbocycles. The molecule has 1 aliphatic rings. The first-order valence-corrected chi connectivity index (χ1v) is 6.70. The van der Waals surface area contributed by atoms with Crippen molar-refractivity contribution in [2.75, 3.05) is 0 Å². The van der Waals surface area contributed by atoms with Gasteiger partial charge in [-0.1, -0.05) is 24.3 Å². The summed E-state index contributed by atoms with van der Waals surface area (Å²) < 4.78 is 40.0. The smallest absolute Gasteiger partial charge is 0.232 e. The van der Waals surface area contributed by atoms with E-state index in [1.54, 1.807) is 0 Å². The third-order valence-electron chi connectivity index (χ3n) is 3.11. The maximum Gasteiger partial charge on any atom is 0.433 e. The van der Waals surface area contributed by atoms with Crippen molar-refractivity contribution in [1.82, 2.24) is 14.6 Å². The van der Waals surface area contributed by atoms with Crippen molar-refractivity contribution < 1.29 is 13.2 Å². The minimum Gasteiger partial charge on any atom is -0.232 e. The van der Waals surface area contributed by atoms with E-state index < -0.39 is 11.9 Å². The van der Waals surface area contributed by atoms with Crippen molar-refractivity contribution in [3.05, 3.63) is 52.6 Å². The van der Waals surface area contributed by atoms with Crippen LogP contribution in [-0.2, 0) is 6.18 Å². The second-order valence-corrected chi connectivity index (χ2v) is 5.25. The summed E-state index contributed by atoms with van der Waals surface area (Å²) in [6, 6.07) is 1.00. The number of fused-ring (bicyclic) bond motifs is 1. The van der Waals surface area contributed by atoms with Crippen molar-refractivity contribution in [1.29, 1.82) is 0 Å². The van der Waals surface area contributed by atoms with E-state index in [1.807, 2.05) is 24.3 Å². The number of rotatable bonds is 1. The van der Waals surface area contributed by atoms with Gasteiger partial charge >= 0.3 is 6.18 Å². The van der Waals surface area contributed by atoms with Crippen LogP contribution in [0.15, 0.2) is 41.2 Å². The largest absolute Gasteiger partial charge is 0.433 e. The molecule has 1 unspecified atom stereocenters. The fourth-order valence-electron chi connectivity index (χ4n) is 2.12. The number of hydrogen-bond donors (Lipinski definition) is 0. The van der Waals surface area contributed by atoms with Crippen LogP contribution in [0.2, 0.25) is 0 Å². The third-order valence-corrected chi connectivity index (χ3v) is 3.93. The first kappa shape index (κ1) is 13.4. The molecule has 0 amide bonds. The number of aromatic nitrogens is 3. The molecular weight excluding hydrogens is 335 g/mol. The molecule has 2 aromatic rings. The van der Waals surface area contributed by atoms with Gasteiger partial charge in [0.2, 0.25) is 0 Å². The van der Waals surface area contributed by atoms with Crippen molar-refractivity contribution in [3.63, 3.8) is 0 Å². The molecule has 3 nitrogen and oxygen atoms in total. The Labute approximate surface area is 120 Å². The first-order valence-electron chi connectivity index (χ1n) is 5.91. The Morgan fingerprint density at radius 1 is 1.30 bits per heavy atom.